The van der Waals surface area contributed by atoms with E-state index in [2.05, 4.69) is 4.98 Å². The van der Waals surface area contributed by atoms with Gasteiger partial charge in [-0.25, -0.2) is 4.79 Å². The maximum atomic E-state index is 10.4. The van der Waals surface area contributed by atoms with Crippen LogP contribution in [0.15, 0.2) is 48.7 Å². The number of carbonyl (C=O) groups is 1. The number of ether oxygens (including phenoxy) is 1. The fourth-order valence-corrected chi connectivity index (χ4v) is 1.48. The van der Waals surface area contributed by atoms with E-state index >= 15 is 0 Å². The zero-order chi connectivity index (χ0) is 13.5. The number of pyridine rings is 1. The predicted molar refractivity (Wildman–Crippen MR) is 72.7 cm³/mol. The molecular weight excluding hydrogens is 242 g/mol. The summed E-state index contributed by atoms with van der Waals surface area (Å²) in [4.78, 5) is 14.5. The Morgan fingerprint density at radius 2 is 1.95 bits per heavy atom. The minimum absolute atomic E-state index is 0.330. The molecule has 0 atom stereocenters. The molecule has 0 unspecified atom stereocenters. The third-order valence-electron chi connectivity index (χ3n) is 2.38. The van der Waals surface area contributed by atoms with Crippen molar-refractivity contribution >= 4 is 18.1 Å². The van der Waals surface area contributed by atoms with Gasteiger partial charge in [0.05, 0.1) is 5.69 Å². The molecule has 0 fully saturated rings. The molecule has 0 radical (unpaired) electrons. The zero-order valence-corrected chi connectivity index (χ0v) is 10.2. The number of hydrogen-bond acceptors (Lipinski definition) is 3. The summed E-state index contributed by atoms with van der Waals surface area (Å²) in [6.45, 7) is -0.330. The molecule has 1 heterocycles. The molecule has 1 aromatic heterocycles. The topological polar surface area (TPSA) is 59.4 Å². The zero-order valence-electron chi connectivity index (χ0n) is 10.2. The van der Waals surface area contributed by atoms with E-state index in [0.717, 1.165) is 11.3 Å². The van der Waals surface area contributed by atoms with Crippen molar-refractivity contribution in [3.63, 3.8) is 0 Å². The lowest BCUT2D eigenvalue weighted by Crippen LogP contribution is -2.09. The molecule has 0 bridgehead atoms. The number of carboxylic acid groups (broad SMARTS) is 1. The van der Waals surface area contributed by atoms with Gasteiger partial charge in [0.1, 0.15) is 5.75 Å². The Labute approximate surface area is 111 Å². The van der Waals surface area contributed by atoms with E-state index in [1.807, 2.05) is 42.5 Å². The molecule has 2 rings (SSSR count). The van der Waals surface area contributed by atoms with Crippen LogP contribution in [0, 0.1) is 0 Å². The molecular formula is C15H13NO3. The Balaban J connectivity index is 1.99. The minimum Gasteiger partial charge on any atom is -0.482 e. The van der Waals surface area contributed by atoms with Crippen LogP contribution in [0.1, 0.15) is 11.3 Å². The summed E-state index contributed by atoms with van der Waals surface area (Å²) in [6.07, 6.45) is 5.58. The molecule has 4 heteroatoms. The highest BCUT2D eigenvalue weighted by Crippen LogP contribution is 2.14. The van der Waals surface area contributed by atoms with E-state index in [9.17, 15) is 4.79 Å². The molecule has 0 spiro atoms. The summed E-state index contributed by atoms with van der Waals surface area (Å²) >= 11 is 0. The lowest BCUT2D eigenvalue weighted by molar-refractivity contribution is -0.139. The van der Waals surface area contributed by atoms with Crippen molar-refractivity contribution in [1.29, 1.82) is 0 Å². The molecule has 1 N–H and O–H groups in total. The van der Waals surface area contributed by atoms with Gasteiger partial charge in [-0.05, 0) is 35.9 Å². The fraction of sp³-hybridized carbons (Fsp3) is 0.0667. The van der Waals surface area contributed by atoms with Crippen molar-refractivity contribution in [2.75, 3.05) is 6.61 Å². The number of hydrogen-bond donors (Lipinski definition) is 1. The maximum absolute atomic E-state index is 10.4. The smallest absolute Gasteiger partial charge is 0.341 e. The van der Waals surface area contributed by atoms with E-state index in [1.54, 1.807) is 18.3 Å². The number of carboxylic acids is 1. The number of aliphatic carboxylic acids is 1. The second-order valence-corrected chi connectivity index (χ2v) is 3.84. The second-order valence-electron chi connectivity index (χ2n) is 3.84. The monoisotopic (exact) mass is 255 g/mol. The van der Waals surface area contributed by atoms with Crippen LogP contribution >= 0.6 is 0 Å². The van der Waals surface area contributed by atoms with E-state index in [-0.39, 0.29) is 6.61 Å². The molecule has 0 aliphatic rings. The van der Waals surface area contributed by atoms with Crippen LogP contribution in [0.4, 0.5) is 0 Å². The summed E-state index contributed by atoms with van der Waals surface area (Å²) in [6, 6.07) is 12.9. The average molecular weight is 255 g/mol. The van der Waals surface area contributed by atoms with E-state index in [4.69, 9.17) is 9.84 Å². The Hall–Kier alpha value is -2.62. The number of benzene rings is 1. The average Bonchev–Trinajstić information content (AvgIpc) is 2.45. The van der Waals surface area contributed by atoms with Crippen molar-refractivity contribution < 1.29 is 14.6 Å². The highest BCUT2D eigenvalue weighted by Gasteiger charge is 1.98. The van der Waals surface area contributed by atoms with Gasteiger partial charge in [-0.1, -0.05) is 24.3 Å². The lowest BCUT2D eigenvalue weighted by atomic mass is 10.2. The normalized spacial score (nSPS) is 10.5. The second kappa shape index (κ2) is 6.35. The van der Waals surface area contributed by atoms with Gasteiger partial charge in [0.25, 0.3) is 0 Å². The first-order valence-corrected chi connectivity index (χ1v) is 5.78. The molecule has 0 amide bonds. The summed E-state index contributed by atoms with van der Waals surface area (Å²) in [7, 11) is 0. The van der Waals surface area contributed by atoms with Crippen LogP contribution in [0.3, 0.4) is 0 Å². The number of rotatable bonds is 5. The van der Waals surface area contributed by atoms with E-state index < -0.39 is 5.97 Å². The van der Waals surface area contributed by atoms with Crippen molar-refractivity contribution in [1.82, 2.24) is 4.98 Å². The van der Waals surface area contributed by atoms with Gasteiger partial charge in [-0.2, -0.15) is 0 Å². The molecule has 1 aromatic carbocycles. The predicted octanol–water partition coefficient (Wildman–Crippen LogP) is 2.72. The van der Waals surface area contributed by atoms with Gasteiger partial charge < -0.3 is 9.84 Å². The highest BCUT2D eigenvalue weighted by atomic mass is 16.5. The lowest BCUT2D eigenvalue weighted by Gasteiger charge is -2.02. The SMILES string of the molecule is O=C(O)COc1ccc(/C=C/c2ccccn2)cc1. The van der Waals surface area contributed by atoms with Crippen molar-refractivity contribution in [2.45, 2.75) is 0 Å². The highest BCUT2D eigenvalue weighted by molar-refractivity contribution is 5.69. The molecule has 4 nitrogen and oxygen atoms in total. The van der Waals surface area contributed by atoms with E-state index in [1.165, 1.54) is 0 Å². The third-order valence-corrected chi connectivity index (χ3v) is 2.38. The van der Waals surface area contributed by atoms with Gasteiger partial charge in [0, 0.05) is 6.20 Å². The summed E-state index contributed by atoms with van der Waals surface area (Å²) in [5, 5.41) is 8.50. The van der Waals surface area contributed by atoms with Gasteiger partial charge >= 0.3 is 5.97 Å². The molecule has 0 saturated heterocycles. The summed E-state index contributed by atoms with van der Waals surface area (Å²) in [5.74, 6) is -0.448. The summed E-state index contributed by atoms with van der Waals surface area (Å²) < 4.78 is 5.05. The van der Waals surface area contributed by atoms with Crippen molar-refractivity contribution in [3.05, 3.63) is 59.9 Å². The van der Waals surface area contributed by atoms with Crippen molar-refractivity contribution in [2.24, 2.45) is 0 Å². The Kier molecular flexibility index (Phi) is 4.29. The first-order valence-electron chi connectivity index (χ1n) is 5.78. The molecule has 2 aromatic rings. The van der Waals surface area contributed by atoms with Gasteiger partial charge in [0.15, 0.2) is 6.61 Å². The Morgan fingerprint density at radius 3 is 2.58 bits per heavy atom. The first kappa shape index (κ1) is 12.8. The Bertz CT molecular complexity index is 562. The van der Waals surface area contributed by atoms with E-state index in [0.29, 0.717) is 5.75 Å². The first-order chi connectivity index (χ1) is 9.24. The fourth-order valence-electron chi connectivity index (χ4n) is 1.48. The van der Waals surface area contributed by atoms with Crippen LogP contribution in [0.5, 0.6) is 5.75 Å². The molecule has 0 aliphatic heterocycles. The van der Waals surface area contributed by atoms with Crippen LogP contribution in [0.25, 0.3) is 12.2 Å². The molecule has 96 valence electrons. The quantitative estimate of drug-likeness (QED) is 0.892. The van der Waals surface area contributed by atoms with Gasteiger partial charge in [0.2, 0.25) is 0 Å². The maximum Gasteiger partial charge on any atom is 0.341 e. The van der Waals surface area contributed by atoms with Crippen LogP contribution in [-0.2, 0) is 4.79 Å². The standard InChI is InChI=1S/C15H13NO3/c17-15(18)11-19-14-8-5-12(6-9-14)4-7-13-3-1-2-10-16-13/h1-10H,11H2,(H,17,18)/b7-4+. The molecule has 0 saturated carbocycles. The number of aromatic nitrogens is 1. The molecule has 19 heavy (non-hydrogen) atoms. The number of nitrogens with zero attached hydrogens (tertiary/aromatic N) is 1. The van der Waals surface area contributed by atoms with Crippen LogP contribution < -0.4 is 4.74 Å². The molecule has 0 aliphatic carbocycles. The third kappa shape index (κ3) is 4.27. The Morgan fingerprint density at radius 1 is 1.16 bits per heavy atom. The summed E-state index contributed by atoms with van der Waals surface area (Å²) in [5.41, 5.74) is 1.88. The van der Waals surface area contributed by atoms with Crippen molar-refractivity contribution in [3.8, 4) is 5.75 Å². The van der Waals surface area contributed by atoms with Crippen LogP contribution in [-0.4, -0.2) is 22.7 Å². The van der Waals surface area contributed by atoms with Gasteiger partial charge in [-0.15, -0.1) is 0 Å². The largest absolute Gasteiger partial charge is 0.482 e. The van der Waals surface area contributed by atoms with Crippen LogP contribution in [0.2, 0.25) is 0 Å². The van der Waals surface area contributed by atoms with Gasteiger partial charge in [-0.3, -0.25) is 4.98 Å². The minimum atomic E-state index is -0.987.